The number of ether oxygens (including phenoxy) is 1. The van der Waals surface area contributed by atoms with Gasteiger partial charge in [0.1, 0.15) is 18.8 Å². The van der Waals surface area contributed by atoms with E-state index < -0.39 is 0 Å². The fourth-order valence-corrected chi connectivity index (χ4v) is 3.37. The van der Waals surface area contributed by atoms with Gasteiger partial charge in [0.25, 0.3) is 0 Å². The number of hydrogen-bond acceptors (Lipinski definition) is 4. The van der Waals surface area contributed by atoms with Crippen molar-refractivity contribution in [1.29, 1.82) is 0 Å². The number of nitrogens with zero attached hydrogens (tertiary/aromatic N) is 3. The van der Waals surface area contributed by atoms with Crippen LogP contribution in [-0.2, 0) is 9.53 Å². The smallest absolute Gasteiger partial charge is 0.250 e. The highest BCUT2D eigenvalue weighted by Crippen LogP contribution is 2.20. The van der Waals surface area contributed by atoms with Gasteiger partial charge in [-0.3, -0.25) is 9.36 Å². The molecule has 2 aromatic heterocycles. The van der Waals surface area contributed by atoms with Crippen LogP contribution in [0.15, 0.2) is 48.9 Å². The van der Waals surface area contributed by atoms with E-state index in [1.165, 1.54) is 19.3 Å². The highest BCUT2D eigenvalue weighted by Gasteiger charge is 2.15. The Morgan fingerprint density at radius 1 is 1.12 bits per heavy atom. The summed E-state index contributed by atoms with van der Waals surface area (Å²) in [5, 5.41) is 2.84. The van der Waals surface area contributed by atoms with E-state index in [4.69, 9.17) is 4.74 Å². The summed E-state index contributed by atoms with van der Waals surface area (Å²) in [5.74, 6) is 0.619. The minimum absolute atomic E-state index is 0.0958. The van der Waals surface area contributed by atoms with Crippen LogP contribution in [0.1, 0.15) is 32.1 Å². The van der Waals surface area contributed by atoms with Gasteiger partial charge in [-0.1, -0.05) is 31.4 Å². The Morgan fingerprint density at radius 3 is 2.77 bits per heavy atom. The van der Waals surface area contributed by atoms with Gasteiger partial charge in [0.15, 0.2) is 0 Å². The van der Waals surface area contributed by atoms with E-state index >= 15 is 0 Å². The van der Waals surface area contributed by atoms with Crippen molar-refractivity contribution in [3.63, 3.8) is 0 Å². The van der Waals surface area contributed by atoms with E-state index in [1.807, 2.05) is 41.0 Å². The Balaban J connectivity index is 1.37. The van der Waals surface area contributed by atoms with Gasteiger partial charge in [0, 0.05) is 0 Å². The van der Waals surface area contributed by atoms with E-state index in [2.05, 4.69) is 15.3 Å². The van der Waals surface area contributed by atoms with Crippen molar-refractivity contribution in [2.24, 2.45) is 0 Å². The van der Waals surface area contributed by atoms with Gasteiger partial charge in [0.2, 0.25) is 5.91 Å². The molecule has 1 aliphatic carbocycles. The molecule has 0 bridgehead atoms. The Labute approximate surface area is 152 Å². The van der Waals surface area contributed by atoms with Crippen LogP contribution in [0.3, 0.4) is 0 Å². The number of aromatic nitrogens is 3. The van der Waals surface area contributed by atoms with Crippen LogP contribution >= 0.6 is 0 Å². The minimum atomic E-state index is -0.141. The van der Waals surface area contributed by atoms with E-state index in [-0.39, 0.29) is 18.6 Å². The van der Waals surface area contributed by atoms with Crippen LogP contribution in [-0.4, -0.2) is 33.2 Å². The molecule has 6 nitrogen and oxygen atoms in total. The van der Waals surface area contributed by atoms with Crippen LogP contribution in [0.2, 0.25) is 0 Å². The lowest BCUT2D eigenvalue weighted by molar-refractivity contribution is -0.123. The lowest BCUT2D eigenvalue weighted by Gasteiger charge is -2.21. The fraction of sp³-hybridized carbons (Fsp3) is 0.350. The molecule has 0 spiro atoms. The average molecular weight is 350 g/mol. The molecule has 0 saturated heterocycles. The number of benzene rings is 1. The van der Waals surface area contributed by atoms with E-state index in [0.29, 0.717) is 5.69 Å². The quantitative estimate of drug-likeness (QED) is 0.762. The van der Waals surface area contributed by atoms with Crippen LogP contribution in [0.25, 0.3) is 16.9 Å². The number of hydrogen-bond donors (Lipinski definition) is 1. The molecule has 1 aromatic carbocycles. The number of rotatable bonds is 5. The first kappa shape index (κ1) is 16.7. The Hall–Kier alpha value is -2.73. The largest absolute Gasteiger partial charge is 0.368 e. The number of imidazole rings is 1. The van der Waals surface area contributed by atoms with Gasteiger partial charge in [-0.05, 0) is 37.1 Å². The number of carbonyl (C=O) groups is 1. The molecular weight excluding hydrogens is 328 g/mol. The van der Waals surface area contributed by atoms with Crippen molar-refractivity contribution in [3.8, 4) is 5.82 Å². The van der Waals surface area contributed by atoms with Crippen molar-refractivity contribution >= 4 is 22.6 Å². The first-order valence-corrected chi connectivity index (χ1v) is 9.09. The summed E-state index contributed by atoms with van der Waals surface area (Å²) in [7, 11) is 0. The first-order chi connectivity index (χ1) is 12.8. The number of anilines is 1. The molecular formula is C20H22N4O2. The molecule has 0 atom stereocenters. The average Bonchev–Trinajstić information content (AvgIpc) is 3.12. The molecule has 1 N–H and O–H groups in total. The highest BCUT2D eigenvalue weighted by atomic mass is 16.5. The molecule has 0 unspecified atom stereocenters. The summed E-state index contributed by atoms with van der Waals surface area (Å²) in [6.07, 6.45) is 9.42. The molecule has 4 rings (SSSR count). The van der Waals surface area contributed by atoms with Crippen molar-refractivity contribution in [3.05, 3.63) is 48.9 Å². The Morgan fingerprint density at radius 2 is 1.96 bits per heavy atom. The molecule has 134 valence electrons. The second-order valence-corrected chi connectivity index (χ2v) is 6.63. The molecule has 26 heavy (non-hydrogen) atoms. The number of carbonyl (C=O) groups excluding carboxylic acids is 1. The lowest BCUT2D eigenvalue weighted by atomic mass is 9.98. The number of amides is 1. The maximum Gasteiger partial charge on any atom is 0.250 e. The molecule has 0 aliphatic heterocycles. The molecule has 2 heterocycles. The van der Waals surface area contributed by atoms with Gasteiger partial charge in [-0.2, -0.15) is 0 Å². The maximum atomic E-state index is 12.1. The van der Waals surface area contributed by atoms with Crippen LogP contribution in [0.4, 0.5) is 5.69 Å². The number of pyridine rings is 1. The second kappa shape index (κ2) is 7.66. The number of fused-ring (bicyclic) bond motifs is 1. The third-order valence-corrected chi connectivity index (χ3v) is 4.73. The third-order valence-electron chi connectivity index (χ3n) is 4.73. The van der Waals surface area contributed by atoms with Crippen LogP contribution < -0.4 is 5.32 Å². The number of nitrogens with one attached hydrogen (secondary N) is 1. The minimum Gasteiger partial charge on any atom is -0.368 e. The summed E-state index contributed by atoms with van der Waals surface area (Å²) in [6.45, 7) is 0.0958. The second-order valence-electron chi connectivity index (χ2n) is 6.63. The summed E-state index contributed by atoms with van der Waals surface area (Å²) < 4.78 is 7.63. The topological polar surface area (TPSA) is 69.0 Å². The molecule has 0 radical (unpaired) electrons. The Kier molecular flexibility index (Phi) is 4.93. The zero-order valence-corrected chi connectivity index (χ0v) is 14.6. The first-order valence-electron chi connectivity index (χ1n) is 9.09. The molecule has 1 amide bonds. The molecule has 6 heteroatoms. The summed E-state index contributed by atoms with van der Waals surface area (Å²) >= 11 is 0. The molecule has 1 aliphatic rings. The third kappa shape index (κ3) is 3.75. The lowest BCUT2D eigenvalue weighted by Crippen LogP contribution is -2.24. The fourth-order valence-electron chi connectivity index (χ4n) is 3.37. The van der Waals surface area contributed by atoms with Gasteiger partial charge in [-0.25, -0.2) is 9.97 Å². The molecule has 3 aromatic rings. The summed E-state index contributed by atoms with van der Waals surface area (Å²) in [4.78, 5) is 20.9. The van der Waals surface area contributed by atoms with Gasteiger partial charge < -0.3 is 10.1 Å². The van der Waals surface area contributed by atoms with E-state index in [9.17, 15) is 4.79 Å². The van der Waals surface area contributed by atoms with Crippen molar-refractivity contribution in [1.82, 2.24) is 14.5 Å². The maximum absolute atomic E-state index is 12.1. The predicted octanol–water partition coefficient (Wildman–Crippen LogP) is 3.71. The standard InChI is InChI=1S/C20H22N4O2/c25-20(13-26-16-6-2-1-3-7-16)23-15-10-11-19(21-12-15)24-14-22-17-8-4-5-9-18(17)24/h4-5,8-12,14,16H,1-3,6-7,13H2,(H,23,25). The van der Waals surface area contributed by atoms with Gasteiger partial charge in [0.05, 0.1) is 29.0 Å². The zero-order chi connectivity index (χ0) is 17.8. The van der Waals surface area contributed by atoms with Crippen molar-refractivity contribution in [2.45, 2.75) is 38.2 Å². The van der Waals surface area contributed by atoms with Gasteiger partial charge >= 0.3 is 0 Å². The highest BCUT2D eigenvalue weighted by molar-refractivity contribution is 5.91. The normalized spacial score (nSPS) is 15.2. The zero-order valence-electron chi connectivity index (χ0n) is 14.6. The molecule has 1 saturated carbocycles. The SMILES string of the molecule is O=C(COC1CCCCC1)Nc1ccc(-n2cnc3ccccc32)nc1. The summed E-state index contributed by atoms with van der Waals surface area (Å²) in [6, 6.07) is 11.6. The van der Waals surface area contributed by atoms with Crippen LogP contribution in [0.5, 0.6) is 0 Å². The number of para-hydroxylation sites is 2. The predicted molar refractivity (Wildman–Crippen MR) is 100 cm³/mol. The van der Waals surface area contributed by atoms with E-state index in [0.717, 1.165) is 29.7 Å². The van der Waals surface area contributed by atoms with Gasteiger partial charge in [-0.15, -0.1) is 0 Å². The van der Waals surface area contributed by atoms with Crippen molar-refractivity contribution < 1.29 is 9.53 Å². The monoisotopic (exact) mass is 350 g/mol. The summed E-state index contributed by atoms with van der Waals surface area (Å²) in [5.41, 5.74) is 2.58. The molecule has 1 fully saturated rings. The van der Waals surface area contributed by atoms with E-state index in [1.54, 1.807) is 12.5 Å². The van der Waals surface area contributed by atoms with Crippen LogP contribution in [0, 0.1) is 0 Å². The van der Waals surface area contributed by atoms with Crippen molar-refractivity contribution in [2.75, 3.05) is 11.9 Å². The Bertz CT molecular complexity index is 882.